The van der Waals surface area contributed by atoms with E-state index in [2.05, 4.69) is 36.9 Å². The van der Waals surface area contributed by atoms with Gasteiger partial charge in [-0.3, -0.25) is 14.4 Å². The first-order chi connectivity index (χ1) is 21.7. The van der Waals surface area contributed by atoms with Crippen molar-refractivity contribution in [2.24, 2.45) is 0 Å². The van der Waals surface area contributed by atoms with Crippen LogP contribution in [0.1, 0.15) is 22.8 Å². The van der Waals surface area contributed by atoms with Crippen LogP contribution in [-0.2, 0) is 9.59 Å². The molecule has 4 aromatic carbocycles. The summed E-state index contributed by atoms with van der Waals surface area (Å²) in [4.78, 5) is 44.5. The minimum absolute atomic E-state index is 0.134. The van der Waals surface area contributed by atoms with Crippen molar-refractivity contribution in [3.63, 3.8) is 0 Å². The molecule has 5 rings (SSSR count). The lowest BCUT2D eigenvalue weighted by atomic mass is 10.1. The van der Waals surface area contributed by atoms with Gasteiger partial charge in [-0.25, -0.2) is 9.37 Å². The van der Waals surface area contributed by atoms with E-state index < -0.39 is 22.9 Å². The molecule has 0 radical (unpaired) electrons. The van der Waals surface area contributed by atoms with E-state index in [1.807, 2.05) is 35.7 Å². The number of rotatable bonds is 10. The number of thiazole rings is 1. The summed E-state index contributed by atoms with van der Waals surface area (Å²) in [5.74, 6) is -1.91. The fourth-order valence-electron chi connectivity index (χ4n) is 4.08. The van der Waals surface area contributed by atoms with Gasteiger partial charge in [-0.2, -0.15) is 0 Å². The van der Waals surface area contributed by atoms with E-state index in [0.717, 1.165) is 20.6 Å². The number of amides is 3. The Hall–Kier alpha value is -4.58. The number of benzene rings is 4. The maximum atomic E-state index is 14.4. The molecule has 0 fully saturated rings. The molecule has 226 valence electrons. The molecule has 3 amide bonds. The van der Waals surface area contributed by atoms with E-state index in [-0.39, 0.29) is 17.2 Å². The van der Waals surface area contributed by atoms with Gasteiger partial charge in [-0.15, -0.1) is 23.1 Å². The largest absolute Gasteiger partial charge is 0.321 e. The zero-order valence-corrected chi connectivity index (χ0v) is 27.0. The van der Waals surface area contributed by atoms with Gasteiger partial charge in [0.15, 0.2) is 5.13 Å². The number of carbonyl (C=O) groups excluding carboxylic acids is 3. The Morgan fingerprint density at radius 3 is 2.40 bits per heavy atom. The normalized spacial score (nSPS) is 11.8. The van der Waals surface area contributed by atoms with Crippen LogP contribution in [0, 0.1) is 5.82 Å². The molecule has 11 heteroatoms. The molecule has 1 heterocycles. The van der Waals surface area contributed by atoms with Gasteiger partial charge in [0.05, 0.1) is 10.9 Å². The van der Waals surface area contributed by atoms with Crippen molar-refractivity contribution in [1.29, 1.82) is 0 Å². The number of aromatic nitrogens is 1. The summed E-state index contributed by atoms with van der Waals surface area (Å²) in [6, 6.07) is 29.1. The third-order valence-corrected chi connectivity index (χ3v) is 8.76. The highest BCUT2D eigenvalue weighted by molar-refractivity contribution is 9.10. The summed E-state index contributed by atoms with van der Waals surface area (Å²) in [6.07, 6.45) is 1.29. The lowest BCUT2D eigenvalue weighted by molar-refractivity contribution is -0.115. The van der Waals surface area contributed by atoms with Crippen molar-refractivity contribution in [3.8, 4) is 11.3 Å². The summed E-state index contributed by atoms with van der Waals surface area (Å²) in [7, 11) is 0. The molecule has 0 aliphatic carbocycles. The molecular weight excluding hydrogens is 675 g/mol. The van der Waals surface area contributed by atoms with Gasteiger partial charge in [0.1, 0.15) is 11.5 Å². The molecule has 0 aliphatic rings. The smallest absolute Gasteiger partial charge is 0.272 e. The fourth-order valence-corrected chi connectivity index (χ4v) is 6.00. The number of anilines is 2. The Labute approximate surface area is 276 Å². The first-order valence-corrected chi connectivity index (χ1v) is 16.2. The van der Waals surface area contributed by atoms with E-state index in [1.54, 1.807) is 61.5 Å². The number of hydrogen-bond donors (Lipinski definition) is 3. The van der Waals surface area contributed by atoms with E-state index in [1.165, 1.54) is 47.4 Å². The standard InChI is InChI=1S/C34H26BrFN4O3S2/c1-21(31(41)40-34-39-30(20-44-34)22-14-16-25(35)17-15-22)45-27-12-7-11-26(19-27)37-33(43)29(18-24-10-5-6-13-28(24)36)38-32(42)23-8-3-2-4-9-23/h2-21H,1H3,(H,37,43)(H,38,42)(H,39,40,41)/b29-18-. The number of hydrogen-bond acceptors (Lipinski definition) is 6. The maximum Gasteiger partial charge on any atom is 0.272 e. The second-order valence-corrected chi connectivity index (χ2v) is 12.9. The second-order valence-electron chi connectivity index (χ2n) is 9.68. The van der Waals surface area contributed by atoms with Gasteiger partial charge in [0.25, 0.3) is 11.8 Å². The van der Waals surface area contributed by atoms with Gasteiger partial charge >= 0.3 is 0 Å². The Kier molecular flexibility index (Phi) is 10.6. The van der Waals surface area contributed by atoms with Crippen molar-refractivity contribution in [2.75, 3.05) is 10.6 Å². The minimum Gasteiger partial charge on any atom is -0.321 e. The summed E-state index contributed by atoms with van der Waals surface area (Å²) in [5, 5.41) is 10.2. The lowest BCUT2D eigenvalue weighted by Crippen LogP contribution is -2.30. The van der Waals surface area contributed by atoms with Crippen LogP contribution in [0.15, 0.2) is 124 Å². The van der Waals surface area contributed by atoms with Gasteiger partial charge in [-0.1, -0.05) is 70.5 Å². The van der Waals surface area contributed by atoms with E-state index in [9.17, 15) is 18.8 Å². The van der Waals surface area contributed by atoms with Crippen LogP contribution in [0.25, 0.3) is 17.3 Å². The molecule has 3 N–H and O–H groups in total. The van der Waals surface area contributed by atoms with Crippen LogP contribution in [-0.4, -0.2) is 28.0 Å². The molecule has 0 aliphatic heterocycles. The van der Waals surface area contributed by atoms with Crippen LogP contribution >= 0.6 is 39.0 Å². The number of halogens is 2. The predicted molar refractivity (Wildman–Crippen MR) is 183 cm³/mol. The highest BCUT2D eigenvalue weighted by Crippen LogP contribution is 2.29. The van der Waals surface area contributed by atoms with Crippen molar-refractivity contribution in [3.05, 3.63) is 136 Å². The first-order valence-electron chi connectivity index (χ1n) is 13.7. The fraction of sp³-hybridized carbons (Fsp3) is 0.0588. The quantitative estimate of drug-likeness (QED) is 0.101. The van der Waals surface area contributed by atoms with Crippen LogP contribution in [0.2, 0.25) is 0 Å². The second kappa shape index (κ2) is 14.9. The maximum absolute atomic E-state index is 14.4. The predicted octanol–water partition coefficient (Wildman–Crippen LogP) is 8.24. The van der Waals surface area contributed by atoms with Crippen molar-refractivity contribution in [2.45, 2.75) is 17.1 Å². The third-order valence-electron chi connectivity index (χ3n) is 6.38. The number of nitrogens with zero attached hydrogens (tertiary/aromatic N) is 1. The highest BCUT2D eigenvalue weighted by atomic mass is 79.9. The van der Waals surface area contributed by atoms with Crippen LogP contribution in [0.4, 0.5) is 15.2 Å². The molecule has 1 atom stereocenters. The SMILES string of the molecule is CC(Sc1cccc(NC(=O)/C(=C/c2ccccc2F)NC(=O)c2ccccc2)c1)C(=O)Nc1nc(-c2ccc(Br)cc2)cs1. The number of carbonyl (C=O) groups is 3. The summed E-state index contributed by atoms with van der Waals surface area (Å²) in [5.41, 5.74) is 2.51. The van der Waals surface area contributed by atoms with Gasteiger partial charge in [-0.05, 0) is 61.5 Å². The molecule has 7 nitrogen and oxygen atoms in total. The molecule has 45 heavy (non-hydrogen) atoms. The third kappa shape index (κ3) is 8.75. The Morgan fingerprint density at radius 1 is 0.911 bits per heavy atom. The molecule has 5 aromatic rings. The van der Waals surface area contributed by atoms with Crippen LogP contribution < -0.4 is 16.0 Å². The Bertz CT molecular complexity index is 1860. The van der Waals surface area contributed by atoms with Crippen LogP contribution in [0.5, 0.6) is 0 Å². The monoisotopic (exact) mass is 700 g/mol. The van der Waals surface area contributed by atoms with Gasteiger partial charge in [0.2, 0.25) is 5.91 Å². The summed E-state index contributed by atoms with van der Waals surface area (Å²) < 4.78 is 15.4. The summed E-state index contributed by atoms with van der Waals surface area (Å²) >= 11 is 6.08. The summed E-state index contributed by atoms with van der Waals surface area (Å²) in [6.45, 7) is 1.78. The van der Waals surface area contributed by atoms with E-state index >= 15 is 0 Å². The van der Waals surface area contributed by atoms with Gasteiger partial charge in [0, 0.05) is 37.1 Å². The number of thioether (sulfide) groups is 1. The number of nitrogens with one attached hydrogen (secondary N) is 3. The van der Waals surface area contributed by atoms with Crippen LogP contribution in [0.3, 0.4) is 0 Å². The van der Waals surface area contributed by atoms with Crippen molar-refractivity contribution < 1.29 is 18.8 Å². The van der Waals surface area contributed by atoms with Crippen molar-refractivity contribution >= 4 is 73.6 Å². The molecule has 0 saturated heterocycles. The van der Waals surface area contributed by atoms with Crippen molar-refractivity contribution in [1.82, 2.24) is 10.3 Å². The zero-order chi connectivity index (χ0) is 31.8. The zero-order valence-electron chi connectivity index (χ0n) is 23.8. The topological polar surface area (TPSA) is 100 Å². The molecule has 0 spiro atoms. The molecular formula is C34H26BrFN4O3S2. The van der Waals surface area contributed by atoms with E-state index in [4.69, 9.17) is 0 Å². The Balaban J connectivity index is 1.25. The average molecular weight is 702 g/mol. The molecule has 1 unspecified atom stereocenters. The lowest BCUT2D eigenvalue weighted by Gasteiger charge is -2.14. The molecule has 1 aromatic heterocycles. The van der Waals surface area contributed by atoms with E-state index in [0.29, 0.717) is 16.4 Å². The molecule has 0 saturated carbocycles. The average Bonchev–Trinajstić information content (AvgIpc) is 3.51. The Morgan fingerprint density at radius 2 is 1.64 bits per heavy atom. The minimum atomic E-state index is -0.638. The molecule has 0 bridgehead atoms. The first kappa shape index (κ1) is 31.8. The van der Waals surface area contributed by atoms with Gasteiger partial charge < -0.3 is 16.0 Å². The highest BCUT2D eigenvalue weighted by Gasteiger charge is 2.19.